The van der Waals surface area contributed by atoms with E-state index in [9.17, 15) is 5.11 Å². The molecule has 1 heterocycles. The monoisotopic (exact) mass is 499 g/mol. The Kier molecular flexibility index (Phi) is 7.69. The van der Waals surface area contributed by atoms with Gasteiger partial charge in [-0.1, -0.05) is 18.2 Å². The Morgan fingerprint density at radius 1 is 1.15 bits per heavy atom. The van der Waals surface area contributed by atoms with Crippen LogP contribution in [-0.2, 0) is 0 Å². The number of anilines is 1. The molecule has 0 aliphatic carbocycles. The van der Waals surface area contributed by atoms with Crippen LogP contribution < -0.4 is 20.5 Å². The maximum atomic E-state index is 10.4. The lowest BCUT2D eigenvalue weighted by Gasteiger charge is -2.11. The van der Waals surface area contributed by atoms with Gasteiger partial charge in [-0.05, 0) is 29.7 Å². The largest absolute Gasteiger partial charge is 0.493 e. The van der Waals surface area contributed by atoms with E-state index < -0.39 is 6.10 Å². The number of guanidine groups is 1. The third kappa shape index (κ3) is 5.24. The van der Waals surface area contributed by atoms with Gasteiger partial charge in [-0.2, -0.15) is 0 Å². The van der Waals surface area contributed by atoms with Gasteiger partial charge in [0.15, 0.2) is 17.5 Å². The van der Waals surface area contributed by atoms with E-state index in [1.165, 1.54) is 0 Å². The molecule has 27 heavy (non-hydrogen) atoms. The first-order valence-corrected chi connectivity index (χ1v) is 8.88. The highest BCUT2D eigenvalue weighted by Gasteiger charge is 2.11. The highest BCUT2D eigenvalue weighted by atomic mass is 127. The fourth-order valence-corrected chi connectivity index (χ4v) is 3.58. The smallest absolute Gasteiger partial charge is 0.193 e. The summed E-state index contributed by atoms with van der Waals surface area (Å²) in [7, 11) is 3.15. The standard InChI is InChI=1S/C19H21N3O3S.HI/c1-24-15-8-7-13(10-16(15)25-2)22-19(20)21-11-14(23)18-9-12-5-3-4-6-17(12)26-18;/h3-10,14,23H,11H2,1-2H3,(H3,20,21,22);1H. The summed E-state index contributed by atoms with van der Waals surface area (Å²) in [5.74, 6) is 1.45. The molecule has 0 saturated heterocycles. The van der Waals surface area contributed by atoms with E-state index in [1.807, 2.05) is 36.4 Å². The minimum Gasteiger partial charge on any atom is -0.493 e. The zero-order valence-corrected chi connectivity index (χ0v) is 18.2. The number of nitrogens with two attached hydrogens (primary N) is 1. The number of rotatable bonds is 6. The molecule has 1 aromatic heterocycles. The molecule has 8 heteroatoms. The van der Waals surface area contributed by atoms with Crippen LogP contribution in [0.15, 0.2) is 53.5 Å². The Hall–Kier alpha value is -2.04. The lowest BCUT2D eigenvalue weighted by atomic mass is 10.2. The number of nitrogens with one attached hydrogen (secondary N) is 1. The Morgan fingerprint density at radius 3 is 2.59 bits per heavy atom. The summed E-state index contributed by atoms with van der Waals surface area (Å²) in [4.78, 5) is 5.10. The fraction of sp³-hybridized carbons (Fsp3) is 0.211. The lowest BCUT2D eigenvalue weighted by Crippen LogP contribution is -2.23. The van der Waals surface area contributed by atoms with E-state index in [1.54, 1.807) is 37.7 Å². The topological polar surface area (TPSA) is 89.1 Å². The molecule has 3 rings (SSSR count). The van der Waals surface area contributed by atoms with Crippen LogP contribution in [0.3, 0.4) is 0 Å². The Morgan fingerprint density at radius 2 is 1.89 bits per heavy atom. The molecule has 0 aliphatic heterocycles. The van der Waals surface area contributed by atoms with Gasteiger partial charge in [0.2, 0.25) is 0 Å². The van der Waals surface area contributed by atoms with Gasteiger partial charge in [-0.25, -0.2) is 0 Å². The number of thiophene rings is 1. The second-order valence-electron chi connectivity index (χ2n) is 5.62. The molecule has 0 saturated carbocycles. The maximum Gasteiger partial charge on any atom is 0.193 e. The van der Waals surface area contributed by atoms with E-state index in [-0.39, 0.29) is 36.5 Å². The van der Waals surface area contributed by atoms with Gasteiger partial charge in [-0.3, -0.25) is 4.99 Å². The van der Waals surface area contributed by atoms with E-state index >= 15 is 0 Å². The summed E-state index contributed by atoms with van der Waals surface area (Å²) in [5.41, 5.74) is 6.65. The molecule has 1 unspecified atom stereocenters. The molecule has 0 aliphatic rings. The zero-order chi connectivity index (χ0) is 18.5. The second-order valence-corrected chi connectivity index (χ2v) is 6.74. The molecule has 3 aromatic rings. The van der Waals surface area contributed by atoms with Gasteiger partial charge in [-0.15, -0.1) is 35.3 Å². The molecule has 0 spiro atoms. The summed E-state index contributed by atoms with van der Waals surface area (Å²) in [6, 6.07) is 15.4. The van der Waals surface area contributed by atoms with Crippen LogP contribution in [0, 0.1) is 0 Å². The third-order valence-corrected chi connectivity index (χ3v) is 5.08. The minimum atomic E-state index is -0.696. The second kappa shape index (κ2) is 9.77. The molecule has 0 amide bonds. The van der Waals surface area contributed by atoms with Crippen LogP contribution in [0.4, 0.5) is 5.69 Å². The third-order valence-electron chi connectivity index (χ3n) is 3.86. The molecule has 144 valence electrons. The van der Waals surface area contributed by atoms with Crippen molar-refractivity contribution < 1.29 is 14.6 Å². The number of methoxy groups -OCH3 is 2. The van der Waals surface area contributed by atoms with Crippen molar-refractivity contribution in [2.75, 3.05) is 26.1 Å². The van der Waals surface area contributed by atoms with Crippen molar-refractivity contribution in [3.63, 3.8) is 0 Å². The highest BCUT2D eigenvalue weighted by molar-refractivity contribution is 14.0. The van der Waals surface area contributed by atoms with Gasteiger partial charge >= 0.3 is 0 Å². The maximum absolute atomic E-state index is 10.4. The predicted molar refractivity (Wildman–Crippen MR) is 122 cm³/mol. The van der Waals surface area contributed by atoms with E-state index in [2.05, 4.69) is 10.3 Å². The summed E-state index contributed by atoms with van der Waals surface area (Å²) >= 11 is 1.56. The average Bonchev–Trinajstić information content (AvgIpc) is 3.10. The van der Waals surface area contributed by atoms with Crippen LogP contribution in [-0.4, -0.2) is 31.8 Å². The molecule has 4 N–H and O–H groups in total. The molecule has 0 radical (unpaired) electrons. The molecule has 6 nitrogen and oxygen atoms in total. The summed E-state index contributed by atoms with van der Waals surface area (Å²) in [6.07, 6.45) is -0.696. The van der Waals surface area contributed by atoms with Gasteiger partial charge < -0.3 is 25.6 Å². The Balaban J connectivity index is 0.00000261. The van der Waals surface area contributed by atoms with Crippen molar-refractivity contribution in [1.29, 1.82) is 0 Å². The normalized spacial score (nSPS) is 12.3. The van der Waals surface area contributed by atoms with Gasteiger partial charge in [0, 0.05) is 21.3 Å². The zero-order valence-electron chi connectivity index (χ0n) is 15.0. The van der Waals surface area contributed by atoms with Crippen molar-refractivity contribution >= 4 is 57.0 Å². The first kappa shape index (κ1) is 21.3. The molecule has 0 fully saturated rings. The number of aliphatic hydroxyl groups is 1. The molecule has 1 atom stereocenters. The van der Waals surface area contributed by atoms with Crippen molar-refractivity contribution in [3.8, 4) is 11.5 Å². The Labute approximate surface area is 179 Å². The van der Waals surface area contributed by atoms with Crippen molar-refractivity contribution in [2.24, 2.45) is 10.7 Å². The number of fused-ring (bicyclic) bond motifs is 1. The summed E-state index contributed by atoms with van der Waals surface area (Å²) in [5, 5.41) is 14.5. The average molecular weight is 499 g/mol. The first-order chi connectivity index (χ1) is 12.6. The number of aliphatic imine (C=N–C) groups is 1. The van der Waals surface area contributed by atoms with Crippen molar-refractivity contribution in [1.82, 2.24) is 0 Å². The Bertz CT molecular complexity index is 896. The number of aliphatic hydroxyl groups excluding tert-OH is 1. The molecular weight excluding hydrogens is 477 g/mol. The quantitative estimate of drug-likeness (QED) is 0.271. The number of halogens is 1. The van der Waals surface area contributed by atoms with Crippen LogP contribution in [0.2, 0.25) is 0 Å². The number of hydrogen-bond acceptors (Lipinski definition) is 5. The SMILES string of the molecule is COc1ccc(NC(N)=NCC(O)c2cc3ccccc3s2)cc1OC.I. The van der Waals surface area contributed by atoms with E-state index in [4.69, 9.17) is 15.2 Å². The van der Waals surface area contributed by atoms with Gasteiger partial charge in [0.1, 0.15) is 6.10 Å². The fourth-order valence-electron chi connectivity index (χ4n) is 2.54. The van der Waals surface area contributed by atoms with Crippen LogP contribution >= 0.6 is 35.3 Å². The van der Waals surface area contributed by atoms with E-state index in [0.717, 1.165) is 20.7 Å². The number of hydrogen-bond donors (Lipinski definition) is 3. The number of benzene rings is 2. The molecular formula is C19H22IN3O3S. The number of nitrogens with zero attached hydrogens (tertiary/aromatic N) is 1. The molecule has 2 aromatic carbocycles. The highest BCUT2D eigenvalue weighted by Crippen LogP contribution is 2.31. The van der Waals surface area contributed by atoms with E-state index in [0.29, 0.717) is 11.5 Å². The minimum absolute atomic E-state index is 0. The van der Waals surface area contributed by atoms with Crippen molar-refractivity contribution in [2.45, 2.75) is 6.10 Å². The van der Waals surface area contributed by atoms with Crippen LogP contribution in [0.5, 0.6) is 11.5 Å². The van der Waals surface area contributed by atoms with Crippen LogP contribution in [0.1, 0.15) is 11.0 Å². The first-order valence-electron chi connectivity index (χ1n) is 8.06. The lowest BCUT2D eigenvalue weighted by molar-refractivity contribution is 0.191. The molecule has 0 bridgehead atoms. The van der Waals surface area contributed by atoms with Crippen molar-refractivity contribution in [3.05, 3.63) is 53.4 Å². The predicted octanol–water partition coefficient (Wildman–Crippen LogP) is 4.00. The summed E-state index contributed by atoms with van der Waals surface area (Å²) in [6.45, 7) is 0.180. The van der Waals surface area contributed by atoms with Crippen LogP contribution in [0.25, 0.3) is 10.1 Å². The van der Waals surface area contributed by atoms with Gasteiger partial charge in [0.25, 0.3) is 0 Å². The number of ether oxygens (including phenoxy) is 2. The summed E-state index contributed by atoms with van der Waals surface area (Å²) < 4.78 is 11.6. The van der Waals surface area contributed by atoms with Gasteiger partial charge in [0.05, 0.1) is 20.8 Å².